The lowest BCUT2D eigenvalue weighted by molar-refractivity contribution is -0.134. The van der Waals surface area contributed by atoms with Crippen LogP contribution in [0.15, 0.2) is 16.6 Å². The third-order valence-electron chi connectivity index (χ3n) is 3.82. The van der Waals surface area contributed by atoms with Gasteiger partial charge >= 0.3 is 5.97 Å². The van der Waals surface area contributed by atoms with Crippen LogP contribution in [-0.4, -0.2) is 24.3 Å². The third-order valence-corrected chi connectivity index (χ3v) is 3.82. The third kappa shape index (κ3) is 2.15. The number of allylic oxidation sites excluding steroid dienone is 2. The van der Waals surface area contributed by atoms with E-state index in [0.717, 1.165) is 0 Å². The Kier molecular flexibility index (Phi) is 2.88. The lowest BCUT2D eigenvalue weighted by Gasteiger charge is -2.00. The summed E-state index contributed by atoms with van der Waals surface area (Å²) >= 11 is 0. The summed E-state index contributed by atoms with van der Waals surface area (Å²) in [7, 11) is 0. The maximum Gasteiger partial charge on any atom is 0.354 e. The van der Waals surface area contributed by atoms with Gasteiger partial charge in [0.25, 0.3) is 0 Å². The van der Waals surface area contributed by atoms with E-state index in [0.29, 0.717) is 24.2 Å². The zero-order valence-electron chi connectivity index (χ0n) is 11.3. The lowest BCUT2D eigenvalue weighted by Crippen LogP contribution is -2.17. The fourth-order valence-corrected chi connectivity index (χ4v) is 2.74. The highest BCUT2D eigenvalue weighted by atomic mass is 16.5. The monoisotopic (exact) mass is 235 g/mol. The first-order valence-electron chi connectivity index (χ1n) is 6.29. The van der Waals surface area contributed by atoms with Crippen molar-refractivity contribution in [2.75, 3.05) is 6.61 Å². The molecule has 0 aromatic carbocycles. The number of ether oxygens (including phenoxy) is 1. The predicted molar refractivity (Wildman–Crippen MR) is 68.0 cm³/mol. The van der Waals surface area contributed by atoms with Crippen LogP contribution in [0.3, 0.4) is 0 Å². The Morgan fingerprint density at radius 2 is 2.12 bits per heavy atom. The van der Waals surface area contributed by atoms with Crippen molar-refractivity contribution in [2.24, 2.45) is 22.2 Å². The molecule has 0 saturated heterocycles. The average molecular weight is 235 g/mol. The Labute approximate surface area is 103 Å². The second kappa shape index (κ2) is 3.97. The minimum absolute atomic E-state index is 0.115. The molecule has 3 atom stereocenters. The fourth-order valence-electron chi connectivity index (χ4n) is 2.74. The number of aliphatic imine (C=N–C) groups is 1. The van der Waals surface area contributed by atoms with Crippen molar-refractivity contribution in [3.8, 4) is 0 Å². The van der Waals surface area contributed by atoms with E-state index >= 15 is 0 Å². The van der Waals surface area contributed by atoms with Crippen molar-refractivity contribution in [1.82, 2.24) is 0 Å². The first-order valence-corrected chi connectivity index (χ1v) is 6.29. The fraction of sp³-hybridized carbons (Fsp3) is 0.714. The van der Waals surface area contributed by atoms with E-state index in [4.69, 9.17) is 4.74 Å². The van der Waals surface area contributed by atoms with Crippen LogP contribution < -0.4 is 0 Å². The van der Waals surface area contributed by atoms with Gasteiger partial charge in [-0.25, -0.2) is 4.79 Å². The van der Waals surface area contributed by atoms with Crippen molar-refractivity contribution < 1.29 is 9.53 Å². The van der Waals surface area contributed by atoms with E-state index in [1.54, 1.807) is 0 Å². The molecule has 1 heterocycles. The van der Waals surface area contributed by atoms with Gasteiger partial charge in [0, 0.05) is 0 Å². The Bertz CT molecular complexity index is 402. The van der Waals surface area contributed by atoms with Gasteiger partial charge in [0.15, 0.2) is 0 Å². The first-order chi connectivity index (χ1) is 7.89. The Morgan fingerprint density at radius 1 is 1.47 bits per heavy atom. The van der Waals surface area contributed by atoms with Crippen LogP contribution in [0.4, 0.5) is 0 Å². The second-order valence-corrected chi connectivity index (χ2v) is 5.80. The molecule has 94 valence electrons. The van der Waals surface area contributed by atoms with Crippen molar-refractivity contribution in [3.63, 3.8) is 0 Å². The summed E-state index contributed by atoms with van der Waals surface area (Å²) in [5, 5.41) is 0. The van der Waals surface area contributed by atoms with Gasteiger partial charge in [-0.15, -0.1) is 0 Å². The Hall–Kier alpha value is -1.12. The minimum atomic E-state index is -0.226. The van der Waals surface area contributed by atoms with Crippen LogP contribution in [0.2, 0.25) is 0 Å². The zero-order chi connectivity index (χ0) is 12.8. The van der Waals surface area contributed by atoms with Gasteiger partial charge in [0.05, 0.1) is 6.61 Å². The molecule has 0 amide bonds. The molecule has 0 radical (unpaired) electrons. The van der Waals surface area contributed by atoms with Gasteiger partial charge in [0.1, 0.15) is 11.8 Å². The summed E-state index contributed by atoms with van der Waals surface area (Å²) in [5.74, 6) is 0.807. The second-order valence-electron chi connectivity index (χ2n) is 5.80. The van der Waals surface area contributed by atoms with Crippen LogP contribution in [0.25, 0.3) is 0 Å². The Morgan fingerprint density at radius 3 is 2.65 bits per heavy atom. The van der Waals surface area contributed by atoms with E-state index < -0.39 is 0 Å². The van der Waals surface area contributed by atoms with Gasteiger partial charge in [-0.1, -0.05) is 25.5 Å². The minimum Gasteiger partial charge on any atom is -0.461 e. The predicted octanol–water partition coefficient (Wildman–Crippen LogP) is 2.61. The molecule has 2 aliphatic rings. The molecule has 2 rings (SSSR count). The molecule has 17 heavy (non-hydrogen) atoms. The Balaban J connectivity index is 1.96. The van der Waals surface area contributed by atoms with Gasteiger partial charge in [-0.05, 0) is 38.0 Å². The van der Waals surface area contributed by atoms with Gasteiger partial charge in [0.2, 0.25) is 0 Å². The lowest BCUT2D eigenvalue weighted by atomic mass is 10.1. The van der Waals surface area contributed by atoms with Gasteiger partial charge < -0.3 is 4.74 Å². The van der Waals surface area contributed by atoms with Crippen molar-refractivity contribution in [3.05, 3.63) is 11.6 Å². The van der Waals surface area contributed by atoms with Crippen LogP contribution in [0, 0.1) is 17.3 Å². The summed E-state index contributed by atoms with van der Waals surface area (Å²) in [4.78, 5) is 15.8. The molecule has 1 aliphatic carbocycles. The molecule has 1 saturated carbocycles. The maximum atomic E-state index is 11.5. The number of rotatable bonds is 4. The molecule has 0 bridgehead atoms. The largest absolute Gasteiger partial charge is 0.461 e. The number of hydrogen-bond acceptors (Lipinski definition) is 3. The van der Waals surface area contributed by atoms with Crippen LogP contribution >= 0.6 is 0 Å². The molecular formula is C14H21NO2. The van der Waals surface area contributed by atoms with Gasteiger partial charge in [-0.3, -0.25) is 4.99 Å². The van der Waals surface area contributed by atoms with E-state index in [9.17, 15) is 4.79 Å². The molecule has 0 spiro atoms. The van der Waals surface area contributed by atoms with Gasteiger partial charge in [-0.2, -0.15) is 0 Å². The summed E-state index contributed by atoms with van der Waals surface area (Å²) in [6, 6.07) is 0.115. The number of carbonyl (C=O) groups excluding carboxylic acids is 1. The maximum absolute atomic E-state index is 11.5. The molecule has 0 aromatic rings. The molecule has 0 aromatic heterocycles. The molecule has 0 N–H and O–H groups in total. The molecule has 1 fully saturated rings. The number of carbonyl (C=O) groups is 1. The highest BCUT2D eigenvalue weighted by Gasteiger charge is 2.64. The number of esters is 1. The SMILES string of the molecule is CCOC(=O)C1=NC1[C@H]1[C@H](C=C(C)C)C1(C)C. The summed E-state index contributed by atoms with van der Waals surface area (Å²) < 4.78 is 4.97. The van der Waals surface area contributed by atoms with Crippen LogP contribution in [-0.2, 0) is 9.53 Å². The van der Waals surface area contributed by atoms with Crippen LogP contribution in [0.5, 0.6) is 0 Å². The van der Waals surface area contributed by atoms with Crippen molar-refractivity contribution >= 4 is 11.7 Å². The standard InChI is InChI=1S/C14H21NO2/c1-6-17-13(16)12-11(15-12)10-9(7-8(2)3)14(10,4)5/h7,9-11H,6H2,1-5H3/t9-,10+,11?/m0/s1. The highest BCUT2D eigenvalue weighted by molar-refractivity contribution is 6.44. The van der Waals surface area contributed by atoms with Crippen LogP contribution in [0.1, 0.15) is 34.6 Å². The van der Waals surface area contributed by atoms with E-state index in [-0.39, 0.29) is 17.4 Å². The van der Waals surface area contributed by atoms with E-state index in [1.165, 1.54) is 5.57 Å². The summed E-state index contributed by atoms with van der Waals surface area (Å²) in [6.45, 7) is 11.0. The number of hydrogen-bond donors (Lipinski definition) is 0. The van der Waals surface area contributed by atoms with E-state index in [1.807, 2.05) is 6.92 Å². The topological polar surface area (TPSA) is 38.7 Å². The van der Waals surface area contributed by atoms with Crippen molar-refractivity contribution in [1.29, 1.82) is 0 Å². The highest BCUT2D eigenvalue weighted by Crippen LogP contribution is 2.63. The first kappa shape index (κ1) is 12.3. The molecule has 3 heteroatoms. The van der Waals surface area contributed by atoms with E-state index in [2.05, 4.69) is 38.8 Å². The average Bonchev–Trinajstić information content (AvgIpc) is 3.04. The quantitative estimate of drug-likeness (QED) is 0.555. The molecular weight excluding hydrogens is 214 g/mol. The molecule has 1 aliphatic heterocycles. The summed E-state index contributed by atoms with van der Waals surface area (Å²) in [6.07, 6.45) is 2.31. The smallest absolute Gasteiger partial charge is 0.354 e. The summed E-state index contributed by atoms with van der Waals surface area (Å²) in [5.41, 5.74) is 2.25. The zero-order valence-corrected chi connectivity index (χ0v) is 11.3. The molecule has 3 nitrogen and oxygen atoms in total. The van der Waals surface area contributed by atoms with Crippen molar-refractivity contribution in [2.45, 2.75) is 40.7 Å². The molecule has 1 unspecified atom stereocenters. The number of nitrogens with zero attached hydrogens (tertiary/aromatic N) is 1. The normalized spacial score (nSPS) is 32.5.